The minimum Gasteiger partial charge on any atom is -0.543 e. The molecular weight excluding hydrogens is 558 g/mol. The van der Waals surface area contributed by atoms with Gasteiger partial charge in [-0.3, -0.25) is 14.5 Å². The van der Waals surface area contributed by atoms with Gasteiger partial charge < -0.3 is 51.7 Å². The van der Waals surface area contributed by atoms with Gasteiger partial charge in [0.1, 0.15) is 24.0 Å². The van der Waals surface area contributed by atoms with Crippen molar-refractivity contribution in [2.45, 2.75) is 36.2 Å². The number of ketones is 1. The standard InChI is InChI=1S/C15H14N4O5S2.C7H17NO5/c1-2-6-4-25-13-7(12(21)19(13)11(6)14(22)23)3-9(20)10(18-24)8-5-26-15(16)17-8;1-8-2-4(10)6(12)7(13)5(11)3-9/h2,5,7,13,24H,1,3-4H2,(H2,16,17)(H,22,23);4-13H,2-3H2,1H3/p-1/b18-10-;/t;4-,5+,6+,7+/m.0/s1. The molecule has 1 saturated heterocycles. The van der Waals surface area contributed by atoms with Gasteiger partial charge in [-0.05, 0) is 12.6 Å². The molecule has 0 bridgehead atoms. The Bertz CT molecular complexity index is 1130. The zero-order chi connectivity index (χ0) is 29.4. The Morgan fingerprint density at radius 3 is 2.46 bits per heavy atom. The molecule has 1 fully saturated rings. The second-order valence-electron chi connectivity index (χ2n) is 8.38. The van der Waals surface area contributed by atoms with E-state index in [1.54, 1.807) is 7.05 Å². The summed E-state index contributed by atoms with van der Waals surface area (Å²) in [5, 5.41) is 72.1. The Kier molecular flexibility index (Phi) is 12.0. The number of thiazole rings is 1. The lowest BCUT2D eigenvalue weighted by atomic mass is 9.89. The quantitative estimate of drug-likeness (QED) is 0.0504. The number of aromatic nitrogens is 1. The van der Waals surface area contributed by atoms with Gasteiger partial charge >= 0.3 is 0 Å². The molecule has 0 aliphatic carbocycles. The first-order chi connectivity index (χ1) is 18.4. The molecule has 39 heavy (non-hydrogen) atoms. The molecule has 1 aromatic heterocycles. The lowest BCUT2D eigenvalue weighted by Gasteiger charge is -2.50. The molecule has 0 saturated carbocycles. The van der Waals surface area contributed by atoms with E-state index in [1.165, 1.54) is 23.2 Å². The third-order valence-electron chi connectivity index (χ3n) is 5.82. The number of amides is 1. The van der Waals surface area contributed by atoms with Crippen LogP contribution in [-0.2, 0) is 14.4 Å². The van der Waals surface area contributed by atoms with Gasteiger partial charge in [0.15, 0.2) is 16.6 Å². The average Bonchev–Trinajstić information content (AvgIpc) is 3.35. The second-order valence-corrected chi connectivity index (χ2v) is 10.4. The molecule has 216 valence electrons. The number of nitrogen functional groups attached to an aromatic ring is 1. The number of β-lactam (4-membered cyclic amide) rings is 1. The average molecular weight is 589 g/mol. The van der Waals surface area contributed by atoms with E-state index in [0.29, 0.717) is 11.3 Å². The van der Waals surface area contributed by atoms with E-state index in [9.17, 15) is 24.6 Å². The Balaban J connectivity index is 0.000000349. The van der Waals surface area contributed by atoms with E-state index < -0.39 is 60.0 Å². The maximum atomic E-state index is 12.4. The van der Waals surface area contributed by atoms with Gasteiger partial charge in [0.05, 0.1) is 35.7 Å². The fraction of sp³-hybridized carbons (Fsp3) is 0.500. The van der Waals surface area contributed by atoms with Gasteiger partial charge in [0.2, 0.25) is 5.91 Å². The van der Waals surface area contributed by atoms with Gasteiger partial charge in [0, 0.05) is 24.1 Å². The van der Waals surface area contributed by atoms with Crippen molar-refractivity contribution < 1.29 is 50.2 Å². The van der Waals surface area contributed by atoms with Crippen LogP contribution in [0.2, 0.25) is 0 Å². The number of nitrogens with zero attached hydrogens (tertiary/aromatic N) is 3. The summed E-state index contributed by atoms with van der Waals surface area (Å²) in [6.45, 7) is 2.98. The summed E-state index contributed by atoms with van der Waals surface area (Å²) < 4.78 is 0. The first-order valence-electron chi connectivity index (χ1n) is 11.4. The van der Waals surface area contributed by atoms with Gasteiger partial charge in [-0.15, -0.1) is 23.1 Å². The van der Waals surface area contributed by atoms with Crippen molar-refractivity contribution in [1.82, 2.24) is 15.2 Å². The van der Waals surface area contributed by atoms with Gasteiger partial charge in [-0.2, -0.15) is 0 Å². The molecule has 2 aliphatic rings. The number of Topliss-reactive ketones (excluding diaryl/α,β-unsaturated/α-hetero) is 1. The Hall–Kier alpha value is -2.90. The third-order valence-corrected chi connectivity index (χ3v) is 7.85. The third kappa shape index (κ3) is 7.40. The number of hydrogen-bond acceptors (Lipinski definition) is 16. The molecule has 0 aromatic carbocycles. The van der Waals surface area contributed by atoms with Crippen LogP contribution in [0, 0.1) is 5.92 Å². The predicted octanol–water partition coefficient (Wildman–Crippen LogP) is -3.77. The highest BCUT2D eigenvalue weighted by Gasteiger charge is 2.52. The highest BCUT2D eigenvalue weighted by atomic mass is 32.2. The predicted molar refractivity (Wildman–Crippen MR) is 138 cm³/mol. The number of carbonyl (C=O) groups is 3. The molecule has 2 unspecified atom stereocenters. The molecular formula is C22H30N5O10S2-. The zero-order valence-corrected chi connectivity index (χ0v) is 22.3. The fourth-order valence-corrected chi connectivity index (χ4v) is 5.72. The highest BCUT2D eigenvalue weighted by Crippen LogP contribution is 2.45. The van der Waals surface area contributed by atoms with Crippen LogP contribution in [-0.4, -0.2) is 120 Å². The monoisotopic (exact) mass is 588 g/mol. The number of nitrogens with one attached hydrogen (secondary N) is 1. The van der Waals surface area contributed by atoms with E-state index in [4.69, 9.17) is 31.4 Å². The van der Waals surface area contributed by atoms with E-state index in [0.717, 1.165) is 16.2 Å². The molecule has 0 radical (unpaired) electrons. The maximum Gasteiger partial charge on any atom is 0.234 e. The van der Waals surface area contributed by atoms with Crippen molar-refractivity contribution in [1.29, 1.82) is 0 Å². The van der Waals surface area contributed by atoms with Crippen molar-refractivity contribution in [3.63, 3.8) is 0 Å². The van der Waals surface area contributed by atoms with E-state index >= 15 is 0 Å². The van der Waals surface area contributed by atoms with Crippen molar-refractivity contribution in [2.24, 2.45) is 11.1 Å². The van der Waals surface area contributed by atoms with Crippen molar-refractivity contribution in [3.8, 4) is 0 Å². The largest absolute Gasteiger partial charge is 0.543 e. The number of thioether (sulfide) groups is 1. The molecule has 3 rings (SSSR count). The number of rotatable bonds is 12. The number of hydrogen-bond donors (Lipinski definition) is 8. The van der Waals surface area contributed by atoms with Crippen molar-refractivity contribution in [3.05, 3.63) is 35.0 Å². The lowest BCUT2D eigenvalue weighted by Crippen LogP contribution is -2.63. The number of nitrogens with two attached hydrogens (primary N) is 1. The summed E-state index contributed by atoms with van der Waals surface area (Å²) in [4.78, 5) is 41.2. The molecule has 3 heterocycles. The smallest absolute Gasteiger partial charge is 0.234 e. The summed E-state index contributed by atoms with van der Waals surface area (Å²) in [5.74, 6) is -2.91. The second kappa shape index (κ2) is 14.5. The number of carboxylic acid groups (broad SMARTS) is 1. The number of likely N-dealkylation sites (N-methyl/N-ethyl adjacent to an activating group) is 1. The first kappa shape index (κ1) is 32.3. The minimum atomic E-state index is -1.55. The first-order valence-corrected chi connectivity index (χ1v) is 13.3. The maximum absolute atomic E-state index is 12.4. The molecule has 15 nitrogen and oxygen atoms in total. The van der Waals surface area contributed by atoms with Gasteiger partial charge in [0.25, 0.3) is 0 Å². The highest BCUT2D eigenvalue weighted by molar-refractivity contribution is 8.00. The normalized spacial score (nSPS) is 22.1. The lowest BCUT2D eigenvalue weighted by molar-refractivity contribution is -0.301. The van der Waals surface area contributed by atoms with Crippen LogP contribution in [0.5, 0.6) is 0 Å². The van der Waals surface area contributed by atoms with Crippen molar-refractivity contribution >= 4 is 51.6 Å². The fourth-order valence-electron chi connectivity index (χ4n) is 3.76. The van der Waals surface area contributed by atoms with E-state index in [2.05, 4.69) is 22.0 Å². The summed E-state index contributed by atoms with van der Waals surface area (Å²) in [6.07, 6.45) is -4.50. The molecule has 9 N–H and O–H groups in total. The topological polar surface area (TPSA) is 262 Å². The van der Waals surface area contributed by atoms with Crippen LogP contribution in [0.1, 0.15) is 12.1 Å². The summed E-state index contributed by atoms with van der Waals surface area (Å²) in [6, 6.07) is 0. The van der Waals surface area contributed by atoms with Gasteiger partial charge in [-0.25, -0.2) is 4.98 Å². The number of carbonyl (C=O) groups excluding carboxylic acids is 3. The number of anilines is 1. The molecule has 0 spiro atoms. The number of carboxylic acids is 1. The molecule has 1 amide bonds. The molecule has 2 aliphatic heterocycles. The van der Waals surface area contributed by atoms with Crippen LogP contribution in [0.15, 0.2) is 34.5 Å². The van der Waals surface area contributed by atoms with Crippen LogP contribution in [0.25, 0.3) is 0 Å². The zero-order valence-electron chi connectivity index (χ0n) is 20.7. The molecule has 17 heteroatoms. The number of allylic oxidation sites excluding steroid dienone is 1. The van der Waals surface area contributed by atoms with Crippen LogP contribution < -0.4 is 16.2 Å². The SMILES string of the molecule is C=CC1=C(C(=O)[O-])N2C(=O)C(CC(=O)/C(=N\O)c3csc(N)n3)C2SC1.CNC[C@H](O)[C@@H](O)[C@H](O)[C@H](O)CO. The van der Waals surface area contributed by atoms with Crippen LogP contribution in [0.3, 0.4) is 0 Å². The van der Waals surface area contributed by atoms with Crippen LogP contribution >= 0.6 is 23.1 Å². The summed E-state index contributed by atoms with van der Waals surface area (Å²) in [5.41, 5.74) is 5.55. The molecule has 1 aromatic rings. The summed E-state index contributed by atoms with van der Waals surface area (Å²) >= 11 is 2.42. The molecule has 6 atom stereocenters. The van der Waals surface area contributed by atoms with Crippen molar-refractivity contribution in [2.75, 3.05) is 31.7 Å². The van der Waals surface area contributed by atoms with E-state index in [1.807, 2.05) is 0 Å². The van der Waals surface area contributed by atoms with E-state index in [-0.39, 0.29) is 35.2 Å². The number of aliphatic hydroxyl groups excluding tert-OH is 5. The number of fused-ring (bicyclic) bond motifs is 1. The number of aliphatic hydroxyl groups is 5. The number of oxime groups is 1. The Morgan fingerprint density at radius 2 is 1.97 bits per heavy atom. The van der Waals surface area contributed by atoms with Gasteiger partial charge in [-0.1, -0.05) is 17.8 Å². The van der Waals surface area contributed by atoms with Crippen LogP contribution in [0.4, 0.5) is 5.13 Å². The Labute approximate surface area is 231 Å². The minimum absolute atomic E-state index is 0.0936. The summed E-state index contributed by atoms with van der Waals surface area (Å²) in [7, 11) is 1.57. The Morgan fingerprint density at radius 1 is 1.33 bits per heavy atom. The number of aliphatic carboxylic acids is 1.